The third kappa shape index (κ3) is 5.90. The zero-order valence-electron chi connectivity index (χ0n) is 17.4. The molecule has 0 unspecified atom stereocenters. The molecule has 0 saturated carbocycles. The summed E-state index contributed by atoms with van der Waals surface area (Å²) in [6, 6.07) is 20.9. The summed E-state index contributed by atoms with van der Waals surface area (Å²) >= 11 is 0. The molecule has 2 aromatic rings. The lowest BCUT2D eigenvalue weighted by molar-refractivity contribution is -0.147. The molecule has 3 rings (SSSR count). The SMILES string of the molecule is O=C(NCCCCCO)C(=O)N1CCN(C(c2ccccc2)c2ccccc2)CC1. The Bertz CT molecular complexity index is 750. The van der Waals surface area contributed by atoms with E-state index in [1.54, 1.807) is 4.90 Å². The summed E-state index contributed by atoms with van der Waals surface area (Å²) in [6.45, 7) is 3.12. The minimum Gasteiger partial charge on any atom is -0.396 e. The largest absolute Gasteiger partial charge is 0.396 e. The second-order valence-electron chi connectivity index (χ2n) is 7.59. The van der Waals surface area contributed by atoms with Gasteiger partial charge in [0.2, 0.25) is 0 Å². The van der Waals surface area contributed by atoms with Crippen molar-refractivity contribution in [2.75, 3.05) is 39.3 Å². The van der Waals surface area contributed by atoms with Crippen molar-refractivity contribution in [1.82, 2.24) is 15.1 Å². The molecule has 2 aromatic carbocycles. The first-order valence-electron chi connectivity index (χ1n) is 10.7. The van der Waals surface area contributed by atoms with E-state index >= 15 is 0 Å². The van der Waals surface area contributed by atoms with Gasteiger partial charge in [-0.15, -0.1) is 0 Å². The van der Waals surface area contributed by atoms with Crippen LogP contribution >= 0.6 is 0 Å². The lowest BCUT2D eigenvalue weighted by Gasteiger charge is -2.39. The maximum Gasteiger partial charge on any atom is 0.311 e. The summed E-state index contributed by atoms with van der Waals surface area (Å²) in [5.74, 6) is -0.983. The number of carbonyl (C=O) groups is 2. The van der Waals surface area contributed by atoms with Crippen molar-refractivity contribution in [1.29, 1.82) is 0 Å². The Morgan fingerprint density at radius 2 is 1.40 bits per heavy atom. The van der Waals surface area contributed by atoms with E-state index in [0.29, 0.717) is 32.7 Å². The van der Waals surface area contributed by atoms with Gasteiger partial charge >= 0.3 is 11.8 Å². The van der Waals surface area contributed by atoms with Gasteiger partial charge in [-0.3, -0.25) is 14.5 Å². The first-order valence-corrected chi connectivity index (χ1v) is 10.7. The number of aliphatic hydroxyl groups excluding tert-OH is 1. The van der Waals surface area contributed by atoms with E-state index in [-0.39, 0.29) is 12.6 Å². The molecular formula is C24H31N3O3. The van der Waals surface area contributed by atoms with Gasteiger partial charge in [-0.1, -0.05) is 60.7 Å². The van der Waals surface area contributed by atoms with Crippen molar-refractivity contribution in [2.45, 2.75) is 25.3 Å². The number of carbonyl (C=O) groups excluding carboxylic acids is 2. The monoisotopic (exact) mass is 409 g/mol. The fraction of sp³-hybridized carbons (Fsp3) is 0.417. The Morgan fingerprint density at radius 3 is 1.93 bits per heavy atom. The standard InChI is InChI=1S/C24H31N3O3/c28-19-9-3-8-14-25-23(29)24(30)27-17-15-26(16-18-27)22(20-10-4-1-5-11-20)21-12-6-2-7-13-21/h1-2,4-7,10-13,22,28H,3,8-9,14-19H2,(H,25,29). The molecule has 160 valence electrons. The molecule has 6 nitrogen and oxygen atoms in total. The van der Waals surface area contributed by atoms with Crippen LogP contribution in [-0.4, -0.2) is 66.1 Å². The molecule has 1 fully saturated rings. The Kier molecular flexibility index (Phi) is 8.41. The number of nitrogens with zero attached hydrogens (tertiary/aromatic N) is 2. The number of amides is 2. The van der Waals surface area contributed by atoms with Crippen molar-refractivity contribution in [2.24, 2.45) is 0 Å². The van der Waals surface area contributed by atoms with Crippen molar-refractivity contribution >= 4 is 11.8 Å². The van der Waals surface area contributed by atoms with Gasteiger partial charge in [-0.2, -0.15) is 0 Å². The van der Waals surface area contributed by atoms with E-state index in [9.17, 15) is 9.59 Å². The van der Waals surface area contributed by atoms with Gasteiger partial charge in [-0.05, 0) is 30.4 Å². The van der Waals surface area contributed by atoms with Gasteiger partial charge in [0.1, 0.15) is 0 Å². The number of piperazine rings is 1. The normalized spacial score (nSPS) is 14.7. The molecule has 0 spiro atoms. The summed E-state index contributed by atoms with van der Waals surface area (Å²) in [7, 11) is 0. The van der Waals surface area contributed by atoms with Gasteiger partial charge in [0.25, 0.3) is 0 Å². The van der Waals surface area contributed by atoms with Crippen LogP contribution in [0.2, 0.25) is 0 Å². The molecule has 30 heavy (non-hydrogen) atoms. The Hall–Kier alpha value is -2.70. The lowest BCUT2D eigenvalue weighted by atomic mass is 9.96. The molecule has 2 N–H and O–H groups in total. The predicted molar refractivity (Wildman–Crippen MR) is 117 cm³/mol. The molecule has 1 saturated heterocycles. The molecule has 1 aliphatic heterocycles. The van der Waals surface area contributed by atoms with Crippen molar-refractivity contribution in [3.63, 3.8) is 0 Å². The predicted octanol–water partition coefficient (Wildman–Crippen LogP) is 2.20. The topological polar surface area (TPSA) is 72.9 Å². The third-order valence-corrected chi connectivity index (χ3v) is 5.51. The number of aliphatic hydroxyl groups is 1. The average molecular weight is 410 g/mol. The summed E-state index contributed by atoms with van der Waals surface area (Å²) in [6.07, 6.45) is 2.32. The summed E-state index contributed by atoms with van der Waals surface area (Å²) in [5.41, 5.74) is 2.45. The second-order valence-corrected chi connectivity index (χ2v) is 7.59. The number of rotatable bonds is 8. The lowest BCUT2D eigenvalue weighted by Crippen LogP contribution is -2.53. The fourth-order valence-electron chi connectivity index (χ4n) is 3.90. The van der Waals surface area contributed by atoms with Crippen LogP contribution in [-0.2, 0) is 9.59 Å². The fourth-order valence-corrected chi connectivity index (χ4v) is 3.90. The molecule has 0 aliphatic carbocycles. The first kappa shape index (κ1) is 22.0. The van der Waals surface area contributed by atoms with E-state index < -0.39 is 11.8 Å². The molecule has 6 heteroatoms. The highest BCUT2D eigenvalue weighted by Crippen LogP contribution is 2.29. The van der Waals surface area contributed by atoms with Crippen LogP contribution in [0.25, 0.3) is 0 Å². The van der Waals surface area contributed by atoms with Crippen LogP contribution in [0.4, 0.5) is 0 Å². The van der Waals surface area contributed by atoms with Crippen LogP contribution < -0.4 is 5.32 Å². The van der Waals surface area contributed by atoms with Crippen LogP contribution in [0.15, 0.2) is 60.7 Å². The van der Waals surface area contributed by atoms with Crippen molar-refractivity contribution in [3.8, 4) is 0 Å². The minimum atomic E-state index is -0.532. The van der Waals surface area contributed by atoms with Crippen LogP contribution in [0.3, 0.4) is 0 Å². The van der Waals surface area contributed by atoms with Gasteiger partial charge in [-0.25, -0.2) is 0 Å². The highest BCUT2D eigenvalue weighted by atomic mass is 16.3. The average Bonchev–Trinajstić information content (AvgIpc) is 2.80. The number of hydrogen-bond acceptors (Lipinski definition) is 4. The summed E-state index contributed by atoms with van der Waals surface area (Å²) in [5, 5.41) is 11.5. The van der Waals surface area contributed by atoms with E-state index in [4.69, 9.17) is 5.11 Å². The second kappa shape index (κ2) is 11.5. The number of unbranched alkanes of at least 4 members (excludes halogenated alkanes) is 2. The summed E-state index contributed by atoms with van der Waals surface area (Å²) in [4.78, 5) is 28.7. The highest BCUT2D eigenvalue weighted by molar-refractivity contribution is 6.35. The molecule has 1 aliphatic rings. The van der Waals surface area contributed by atoms with Crippen molar-refractivity contribution in [3.05, 3.63) is 71.8 Å². The van der Waals surface area contributed by atoms with E-state index in [1.165, 1.54) is 11.1 Å². The zero-order chi connectivity index (χ0) is 21.2. The zero-order valence-corrected chi connectivity index (χ0v) is 17.4. The molecule has 0 radical (unpaired) electrons. The number of nitrogens with one attached hydrogen (secondary N) is 1. The molecule has 2 amide bonds. The molecule has 0 bridgehead atoms. The molecular weight excluding hydrogens is 378 g/mol. The quantitative estimate of drug-likeness (QED) is 0.518. The van der Waals surface area contributed by atoms with Gasteiger partial charge < -0.3 is 15.3 Å². The Balaban J connectivity index is 1.57. The van der Waals surface area contributed by atoms with Crippen molar-refractivity contribution < 1.29 is 14.7 Å². The maximum absolute atomic E-state index is 12.5. The third-order valence-electron chi connectivity index (χ3n) is 5.51. The molecule has 0 aromatic heterocycles. The first-order chi connectivity index (χ1) is 14.7. The summed E-state index contributed by atoms with van der Waals surface area (Å²) < 4.78 is 0. The Labute approximate surface area is 178 Å². The van der Waals surface area contributed by atoms with E-state index in [0.717, 1.165) is 19.3 Å². The highest BCUT2D eigenvalue weighted by Gasteiger charge is 2.30. The number of hydrogen-bond donors (Lipinski definition) is 2. The number of benzene rings is 2. The van der Waals surface area contributed by atoms with Gasteiger partial charge in [0.05, 0.1) is 6.04 Å². The van der Waals surface area contributed by atoms with Gasteiger partial charge in [0.15, 0.2) is 0 Å². The maximum atomic E-state index is 12.5. The Morgan fingerprint density at radius 1 is 0.833 bits per heavy atom. The van der Waals surface area contributed by atoms with E-state index in [2.05, 4.69) is 58.7 Å². The molecule has 0 atom stereocenters. The smallest absolute Gasteiger partial charge is 0.311 e. The van der Waals surface area contributed by atoms with Crippen LogP contribution in [0.1, 0.15) is 36.4 Å². The van der Waals surface area contributed by atoms with Crippen LogP contribution in [0.5, 0.6) is 0 Å². The van der Waals surface area contributed by atoms with Crippen LogP contribution in [0, 0.1) is 0 Å². The minimum absolute atomic E-state index is 0.130. The van der Waals surface area contributed by atoms with Gasteiger partial charge in [0, 0.05) is 39.3 Å². The molecule has 1 heterocycles. The van der Waals surface area contributed by atoms with E-state index in [1.807, 2.05) is 12.1 Å².